The van der Waals surface area contributed by atoms with Gasteiger partial charge in [0.2, 0.25) is 0 Å². The van der Waals surface area contributed by atoms with Crippen LogP contribution in [0.2, 0.25) is 5.02 Å². The smallest absolute Gasteiger partial charge is 0.258 e. The quantitative estimate of drug-likeness (QED) is 0.567. The highest BCUT2D eigenvalue weighted by atomic mass is 79.9. The Morgan fingerprint density at radius 2 is 2.17 bits per heavy atom. The fourth-order valence-corrected chi connectivity index (χ4v) is 1.54. The van der Waals surface area contributed by atoms with Gasteiger partial charge in [-0.05, 0) is 34.5 Å². The molecule has 0 aliphatic carbocycles. The second-order valence-corrected chi connectivity index (χ2v) is 3.57. The fourth-order valence-electron chi connectivity index (χ4n) is 0.776. The van der Waals surface area contributed by atoms with Gasteiger partial charge in [0.25, 0.3) is 5.69 Å². The Kier molecular flexibility index (Phi) is 2.69. The van der Waals surface area contributed by atoms with Gasteiger partial charge < -0.3 is 0 Å². The van der Waals surface area contributed by atoms with E-state index in [0.29, 0.717) is 9.50 Å². The Morgan fingerprint density at radius 3 is 2.67 bits per heavy atom. The average molecular weight is 250 g/mol. The van der Waals surface area contributed by atoms with Gasteiger partial charge in [0.05, 0.1) is 14.4 Å². The summed E-state index contributed by atoms with van der Waals surface area (Å²) >= 11 is 8.79. The zero-order valence-corrected chi connectivity index (χ0v) is 8.52. The number of nitrogens with zero attached hydrogens (tertiary/aromatic N) is 1. The summed E-state index contributed by atoms with van der Waals surface area (Å²) in [6.07, 6.45) is 0. The first-order valence-corrected chi connectivity index (χ1v) is 4.29. The van der Waals surface area contributed by atoms with Crippen LogP contribution in [0.1, 0.15) is 5.56 Å². The summed E-state index contributed by atoms with van der Waals surface area (Å²) < 4.78 is 0.453. The van der Waals surface area contributed by atoms with E-state index in [1.807, 2.05) is 0 Å². The van der Waals surface area contributed by atoms with Crippen LogP contribution in [-0.4, -0.2) is 4.92 Å². The van der Waals surface area contributed by atoms with Crippen LogP contribution in [0.4, 0.5) is 5.69 Å². The van der Waals surface area contributed by atoms with Crippen molar-refractivity contribution in [2.24, 2.45) is 0 Å². The maximum Gasteiger partial charge on any atom is 0.285 e. The van der Waals surface area contributed by atoms with E-state index in [1.54, 1.807) is 13.0 Å². The molecule has 0 unspecified atom stereocenters. The Morgan fingerprint density at radius 1 is 1.58 bits per heavy atom. The highest BCUT2D eigenvalue weighted by molar-refractivity contribution is 9.10. The van der Waals surface area contributed by atoms with E-state index in [-0.39, 0.29) is 5.69 Å². The summed E-state index contributed by atoms with van der Waals surface area (Å²) in [5.74, 6) is 0. The number of halogens is 2. The van der Waals surface area contributed by atoms with Crippen molar-refractivity contribution in [3.8, 4) is 0 Å². The molecule has 0 fully saturated rings. The van der Waals surface area contributed by atoms with Gasteiger partial charge in [0.15, 0.2) is 0 Å². The van der Waals surface area contributed by atoms with Crippen molar-refractivity contribution < 1.29 is 4.92 Å². The van der Waals surface area contributed by atoms with Crippen LogP contribution < -0.4 is 0 Å². The van der Waals surface area contributed by atoms with Crippen molar-refractivity contribution in [2.45, 2.75) is 6.92 Å². The normalized spacial score (nSPS) is 9.92. The Balaban J connectivity index is 3.33. The molecule has 0 bridgehead atoms. The summed E-state index contributed by atoms with van der Waals surface area (Å²) in [7, 11) is 0. The lowest BCUT2D eigenvalue weighted by Gasteiger charge is -1.99. The van der Waals surface area contributed by atoms with E-state index in [0.717, 1.165) is 5.56 Å². The van der Waals surface area contributed by atoms with Crippen molar-refractivity contribution in [3.05, 3.63) is 37.3 Å². The average Bonchev–Trinajstić information content (AvgIpc) is 1.96. The van der Waals surface area contributed by atoms with Gasteiger partial charge >= 0.3 is 0 Å². The summed E-state index contributed by atoms with van der Waals surface area (Å²) in [6.45, 7) is 1.79. The highest BCUT2D eigenvalue weighted by Crippen LogP contribution is 2.30. The molecule has 0 saturated carbocycles. The second kappa shape index (κ2) is 3.41. The predicted octanol–water partition coefficient (Wildman–Crippen LogP) is 3.32. The van der Waals surface area contributed by atoms with Crippen LogP contribution in [-0.2, 0) is 0 Å². The lowest BCUT2D eigenvalue weighted by atomic mass is 10.2. The van der Waals surface area contributed by atoms with Crippen LogP contribution in [0.5, 0.6) is 0 Å². The molecule has 0 spiro atoms. The molecule has 5 heteroatoms. The van der Waals surface area contributed by atoms with Gasteiger partial charge in [-0.2, -0.15) is 0 Å². The molecule has 0 aromatic heterocycles. The van der Waals surface area contributed by atoms with Crippen molar-refractivity contribution in [3.63, 3.8) is 0 Å². The van der Waals surface area contributed by atoms with E-state index >= 15 is 0 Å². The van der Waals surface area contributed by atoms with Gasteiger partial charge in [0, 0.05) is 6.07 Å². The van der Waals surface area contributed by atoms with Gasteiger partial charge in [-0.1, -0.05) is 11.6 Å². The number of nitro benzene ring substituents is 1. The third kappa shape index (κ3) is 1.76. The molecule has 0 saturated heterocycles. The molecular weight excluding hydrogens is 245 g/mol. The Labute approximate surface area is 82.6 Å². The first-order valence-electron chi connectivity index (χ1n) is 3.12. The fraction of sp³-hybridized carbons (Fsp3) is 0.143. The molecule has 1 rings (SSSR count). The largest absolute Gasteiger partial charge is 0.285 e. The molecule has 12 heavy (non-hydrogen) atoms. The topological polar surface area (TPSA) is 43.1 Å². The Hall–Kier alpha value is -0.610. The minimum atomic E-state index is -0.477. The van der Waals surface area contributed by atoms with E-state index < -0.39 is 4.92 Å². The second-order valence-electron chi connectivity index (χ2n) is 2.31. The molecule has 0 amide bonds. The van der Waals surface area contributed by atoms with Crippen LogP contribution in [0.3, 0.4) is 0 Å². The van der Waals surface area contributed by atoms with Crippen molar-refractivity contribution in [1.29, 1.82) is 0 Å². The van der Waals surface area contributed by atoms with Crippen LogP contribution in [0.15, 0.2) is 16.6 Å². The molecule has 1 aromatic rings. The standard InChI is InChI=1S/C7H5BrClNO2/c1-4-2-5(8)7(10(11)12)3-6(4)9/h2-3H,1H3. The van der Waals surface area contributed by atoms with Crippen LogP contribution in [0.25, 0.3) is 0 Å². The molecule has 3 nitrogen and oxygen atoms in total. The molecule has 0 N–H and O–H groups in total. The molecule has 0 aliphatic heterocycles. The molecule has 0 radical (unpaired) electrons. The van der Waals surface area contributed by atoms with Gasteiger partial charge in [-0.3, -0.25) is 10.1 Å². The molecule has 1 aromatic carbocycles. The maximum absolute atomic E-state index is 10.4. The van der Waals surface area contributed by atoms with Gasteiger partial charge in [-0.25, -0.2) is 0 Å². The molecule has 0 atom stereocenters. The Bertz CT molecular complexity index is 340. The molecule has 64 valence electrons. The third-order valence-electron chi connectivity index (χ3n) is 1.42. The number of hydrogen-bond donors (Lipinski definition) is 0. The minimum Gasteiger partial charge on any atom is -0.258 e. The number of hydrogen-bond acceptors (Lipinski definition) is 2. The van der Waals surface area contributed by atoms with Gasteiger partial charge in [-0.15, -0.1) is 0 Å². The van der Waals surface area contributed by atoms with Crippen LogP contribution >= 0.6 is 27.5 Å². The lowest BCUT2D eigenvalue weighted by molar-refractivity contribution is -0.385. The van der Waals surface area contributed by atoms with Crippen LogP contribution in [0, 0.1) is 17.0 Å². The third-order valence-corrected chi connectivity index (χ3v) is 2.47. The zero-order valence-electron chi connectivity index (χ0n) is 6.17. The zero-order chi connectivity index (χ0) is 9.30. The summed E-state index contributed by atoms with van der Waals surface area (Å²) in [5.41, 5.74) is 0.805. The van der Waals surface area contributed by atoms with E-state index in [2.05, 4.69) is 15.9 Å². The summed E-state index contributed by atoms with van der Waals surface area (Å²) in [4.78, 5) is 9.93. The highest BCUT2D eigenvalue weighted by Gasteiger charge is 2.13. The van der Waals surface area contributed by atoms with Crippen molar-refractivity contribution in [2.75, 3.05) is 0 Å². The lowest BCUT2D eigenvalue weighted by Crippen LogP contribution is -1.90. The minimum absolute atomic E-state index is 0.00870. The molecule has 0 heterocycles. The number of aryl methyl sites for hydroxylation is 1. The number of benzene rings is 1. The first kappa shape index (κ1) is 9.48. The van der Waals surface area contributed by atoms with E-state index in [9.17, 15) is 10.1 Å². The monoisotopic (exact) mass is 249 g/mol. The molecular formula is C7H5BrClNO2. The summed E-state index contributed by atoms with van der Waals surface area (Å²) in [6, 6.07) is 2.96. The number of nitro groups is 1. The maximum atomic E-state index is 10.4. The van der Waals surface area contributed by atoms with Crippen molar-refractivity contribution in [1.82, 2.24) is 0 Å². The first-order chi connectivity index (χ1) is 5.52. The molecule has 0 aliphatic rings. The van der Waals surface area contributed by atoms with Crippen molar-refractivity contribution >= 4 is 33.2 Å². The summed E-state index contributed by atoms with van der Waals surface area (Å²) in [5, 5.41) is 10.8. The van der Waals surface area contributed by atoms with E-state index in [1.165, 1.54) is 6.07 Å². The SMILES string of the molecule is Cc1cc(Br)c([N+](=O)[O-])cc1Cl. The number of rotatable bonds is 1. The van der Waals surface area contributed by atoms with E-state index in [4.69, 9.17) is 11.6 Å². The predicted molar refractivity (Wildman–Crippen MR) is 50.5 cm³/mol. The van der Waals surface area contributed by atoms with Gasteiger partial charge in [0.1, 0.15) is 0 Å².